The van der Waals surface area contributed by atoms with Crippen LogP contribution in [0.3, 0.4) is 0 Å². The quantitative estimate of drug-likeness (QED) is 0.693. The van der Waals surface area contributed by atoms with Gasteiger partial charge in [-0.15, -0.1) is 0 Å². The molecule has 21 heavy (non-hydrogen) atoms. The molecule has 6 heteroatoms. The summed E-state index contributed by atoms with van der Waals surface area (Å²) in [5.41, 5.74) is 0. The molecule has 2 fully saturated rings. The SMILES string of the molecule is CN1CCN(C)C(CNC(=O)CCOC2CCNCC2)C1. The zero-order valence-corrected chi connectivity index (χ0v) is 13.4. The Kier molecular flexibility index (Phi) is 6.89. The van der Waals surface area contributed by atoms with Gasteiger partial charge in [0.2, 0.25) is 5.91 Å². The minimum Gasteiger partial charge on any atom is -0.378 e. The number of carbonyl (C=O) groups excluding carboxylic acids is 1. The van der Waals surface area contributed by atoms with E-state index < -0.39 is 0 Å². The van der Waals surface area contributed by atoms with E-state index in [0.717, 1.165) is 52.1 Å². The molecule has 0 aromatic carbocycles. The predicted molar refractivity (Wildman–Crippen MR) is 83.4 cm³/mol. The number of hydrogen-bond donors (Lipinski definition) is 2. The average molecular weight is 298 g/mol. The van der Waals surface area contributed by atoms with Gasteiger partial charge >= 0.3 is 0 Å². The second-order valence-corrected chi connectivity index (χ2v) is 6.27. The lowest BCUT2D eigenvalue weighted by Crippen LogP contribution is -2.54. The third kappa shape index (κ3) is 5.90. The number of rotatable bonds is 6. The summed E-state index contributed by atoms with van der Waals surface area (Å²) in [5, 5.41) is 6.35. The fourth-order valence-corrected chi connectivity index (χ4v) is 2.92. The molecule has 0 saturated carbocycles. The fourth-order valence-electron chi connectivity index (χ4n) is 2.92. The Labute approximate surface area is 128 Å². The highest BCUT2D eigenvalue weighted by Gasteiger charge is 2.22. The first-order valence-electron chi connectivity index (χ1n) is 8.13. The molecule has 2 rings (SSSR count). The molecular formula is C15H30N4O2. The van der Waals surface area contributed by atoms with Crippen LogP contribution in [0.4, 0.5) is 0 Å². The molecule has 0 aliphatic carbocycles. The van der Waals surface area contributed by atoms with Gasteiger partial charge in [0.05, 0.1) is 12.7 Å². The van der Waals surface area contributed by atoms with Crippen LogP contribution in [0.25, 0.3) is 0 Å². The van der Waals surface area contributed by atoms with Crippen molar-refractivity contribution in [3.63, 3.8) is 0 Å². The van der Waals surface area contributed by atoms with Gasteiger partial charge in [0.25, 0.3) is 0 Å². The molecule has 0 radical (unpaired) electrons. The zero-order chi connectivity index (χ0) is 15.1. The highest BCUT2D eigenvalue weighted by Crippen LogP contribution is 2.07. The molecule has 2 N–H and O–H groups in total. The normalized spacial score (nSPS) is 25.9. The van der Waals surface area contributed by atoms with E-state index in [1.54, 1.807) is 0 Å². The first-order chi connectivity index (χ1) is 10.1. The van der Waals surface area contributed by atoms with Crippen molar-refractivity contribution in [1.29, 1.82) is 0 Å². The lowest BCUT2D eigenvalue weighted by Gasteiger charge is -2.37. The molecule has 0 spiro atoms. The standard InChI is InChI=1S/C15H30N4O2/c1-18-8-9-19(2)13(12-18)11-17-15(20)5-10-21-14-3-6-16-7-4-14/h13-14,16H,3-12H2,1-2H3,(H,17,20). The molecule has 0 bridgehead atoms. The number of amides is 1. The van der Waals surface area contributed by atoms with Crippen LogP contribution in [0.15, 0.2) is 0 Å². The number of piperidine rings is 1. The van der Waals surface area contributed by atoms with Crippen molar-refractivity contribution in [2.45, 2.75) is 31.4 Å². The van der Waals surface area contributed by atoms with Crippen LogP contribution in [-0.4, -0.2) is 87.8 Å². The van der Waals surface area contributed by atoms with Crippen molar-refractivity contribution < 1.29 is 9.53 Å². The molecule has 6 nitrogen and oxygen atoms in total. The summed E-state index contributed by atoms with van der Waals surface area (Å²) in [6, 6.07) is 0.415. The van der Waals surface area contributed by atoms with Crippen LogP contribution in [0.2, 0.25) is 0 Å². The summed E-state index contributed by atoms with van der Waals surface area (Å²) >= 11 is 0. The van der Waals surface area contributed by atoms with Gasteiger partial charge in [-0.2, -0.15) is 0 Å². The van der Waals surface area contributed by atoms with Crippen LogP contribution < -0.4 is 10.6 Å². The second kappa shape index (κ2) is 8.68. The lowest BCUT2D eigenvalue weighted by atomic mass is 10.1. The third-order valence-electron chi connectivity index (χ3n) is 4.48. The molecule has 1 unspecified atom stereocenters. The van der Waals surface area contributed by atoms with Gasteiger partial charge in [-0.05, 0) is 40.0 Å². The zero-order valence-electron chi connectivity index (χ0n) is 13.4. The van der Waals surface area contributed by atoms with Gasteiger partial charge in [0.1, 0.15) is 0 Å². The molecule has 1 atom stereocenters. The van der Waals surface area contributed by atoms with E-state index in [2.05, 4.69) is 34.5 Å². The number of piperazine rings is 1. The third-order valence-corrected chi connectivity index (χ3v) is 4.48. The largest absolute Gasteiger partial charge is 0.378 e. The molecule has 2 aliphatic heterocycles. The van der Waals surface area contributed by atoms with Crippen molar-refractivity contribution in [2.24, 2.45) is 0 Å². The molecule has 2 saturated heterocycles. The molecular weight excluding hydrogens is 268 g/mol. The number of nitrogens with one attached hydrogen (secondary N) is 2. The van der Waals surface area contributed by atoms with E-state index in [0.29, 0.717) is 25.2 Å². The number of nitrogens with zero attached hydrogens (tertiary/aromatic N) is 2. The number of ether oxygens (including phenoxy) is 1. The lowest BCUT2D eigenvalue weighted by molar-refractivity contribution is -0.123. The summed E-state index contributed by atoms with van der Waals surface area (Å²) in [5.74, 6) is 0.102. The Morgan fingerprint density at radius 2 is 2.05 bits per heavy atom. The van der Waals surface area contributed by atoms with Gasteiger partial charge in [-0.1, -0.05) is 0 Å². The van der Waals surface area contributed by atoms with Crippen LogP contribution in [0.1, 0.15) is 19.3 Å². The van der Waals surface area contributed by atoms with Crippen molar-refractivity contribution >= 4 is 5.91 Å². The van der Waals surface area contributed by atoms with E-state index >= 15 is 0 Å². The summed E-state index contributed by atoms with van der Waals surface area (Å²) in [4.78, 5) is 16.5. The number of hydrogen-bond acceptors (Lipinski definition) is 5. The summed E-state index contributed by atoms with van der Waals surface area (Å²) in [6.07, 6.45) is 2.91. The van der Waals surface area contributed by atoms with Crippen LogP contribution in [-0.2, 0) is 9.53 Å². The van der Waals surface area contributed by atoms with Crippen molar-refractivity contribution in [1.82, 2.24) is 20.4 Å². The van der Waals surface area contributed by atoms with E-state index in [1.807, 2.05) is 0 Å². The highest BCUT2D eigenvalue weighted by molar-refractivity contribution is 5.75. The summed E-state index contributed by atoms with van der Waals surface area (Å²) < 4.78 is 5.76. The predicted octanol–water partition coefficient (Wildman–Crippen LogP) is -0.493. The van der Waals surface area contributed by atoms with Crippen LogP contribution >= 0.6 is 0 Å². The summed E-state index contributed by atoms with van der Waals surface area (Å²) in [6.45, 7) is 6.50. The Balaban J connectivity index is 1.56. The maximum absolute atomic E-state index is 11.9. The average Bonchev–Trinajstić information content (AvgIpc) is 2.49. The molecule has 122 valence electrons. The Hall–Kier alpha value is -0.690. The molecule has 2 aliphatic rings. The maximum Gasteiger partial charge on any atom is 0.222 e. The van der Waals surface area contributed by atoms with Crippen LogP contribution in [0.5, 0.6) is 0 Å². The first-order valence-corrected chi connectivity index (χ1v) is 8.13. The minimum atomic E-state index is 0.102. The Morgan fingerprint density at radius 3 is 2.81 bits per heavy atom. The minimum absolute atomic E-state index is 0.102. The maximum atomic E-state index is 11.9. The molecule has 1 amide bonds. The summed E-state index contributed by atoms with van der Waals surface area (Å²) in [7, 11) is 4.26. The van der Waals surface area contributed by atoms with Gasteiger partial charge in [0.15, 0.2) is 0 Å². The van der Waals surface area contributed by atoms with Gasteiger partial charge in [-0.25, -0.2) is 0 Å². The number of likely N-dealkylation sites (N-methyl/N-ethyl adjacent to an activating group) is 2. The van der Waals surface area contributed by atoms with Gasteiger partial charge < -0.3 is 20.3 Å². The topological polar surface area (TPSA) is 56.8 Å². The Morgan fingerprint density at radius 1 is 1.29 bits per heavy atom. The highest BCUT2D eigenvalue weighted by atomic mass is 16.5. The van der Waals surface area contributed by atoms with E-state index in [1.165, 1.54) is 0 Å². The smallest absolute Gasteiger partial charge is 0.222 e. The van der Waals surface area contributed by atoms with Crippen molar-refractivity contribution in [2.75, 3.05) is 60.0 Å². The second-order valence-electron chi connectivity index (χ2n) is 6.27. The van der Waals surface area contributed by atoms with Crippen molar-refractivity contribution in [3.8, 4) is 0 Å². The first kappa shape index (κ1) is 16.7. The fraction of sp³-hybridized carbons (Fsp3) is 0.933. The Bertz CT molecular complexity index is 321. The molecule has 0 aromatic rings. The van der Waals surface area contributed by atoms with E-state index in [9.17, 15) is 4.79 Å². The van der Waals surface area contributed by atoms with Gasteiger partial charge in [-0.3, -0.25) is 9.69 Å². The van der Waals surface area contributed by atoms with E-state index in [4.69, 9.17) is 4.74 Å². The van der Waals surface area contributed by atoms with Crippen molar-refractivity contribution in [3.05, 3.63) is 0 Å². The molecule has 0 aromatic heterocycles. The van der Waals surface area contributed by atoms with Gasteiger partial charge in [0, 0.05) is 38.6 Å². The molecule has 2 heterocycles. The van der Waals surface area contributed by atoms with Crippen LogP contribution in [0, 0.1) is 0 Å². The monoisotopic (exact) mass is 298 g/mol. The number of carbonyl (C=O) groups is 1. The van der Waals surface area contributed by atoms with E-state index in [-0.39, 0.29) is 5.91 Å².